The predicted molar refractivity (Wildman–Crippen MR) is 170 cm³/mol. The summed E-state index contributed by atoms with van der Waals surface area (Å²) >= 11 is 0. The SMILES string of the molecule is Cc1ccc(OC[C@H](O)CNc2cc[nH]c(=O)c2-c2nc3cc4c(cc3[nH]2)C(=O)N(C2CCN(CCCO)CC2)C4=O)c(C)c1. The van der Waals surface area contributed by atoms with Crippen LogP contribution in [0.3, 0.4) is 0 Å². The predicted octanol–water partition coefficient (Wildman–Crippen LogP) is 2.83. The Morgan fingerprint density at radius 1 is 1.07 bits per heavy atom. The molecule has 45 heavy (non-hydrogen) atoms. The van der Waals surface area contributed by atoms with E-state index in [2.05, 4.69) is 25.2 Å². The summed E-state index contributed by atoms with van der Waals surface area (Å²) in [4.78, 5) is 53.9. The van der Waals surface area contributed by atoms with Crippen LogP contribution in [0.4, 0.5) is 5.69 Å². The normalized spacial score (nSPS) is 16.4. The van der Waals surface area contributed by atoms with Crippen molar-refractivity contribution < 1.29 is 24.5 Å². The lowest BCUT2D eigenvalue weighted by molar-refractivity contribution is 0.0499. The van der Waals surface area contributed by atoms with Gasteiger partial charge in [-0.2, -0.15) is 0 Å². The van der Waals surface area contributed by atoms with Crippen molar-refractivity contribution >= 4 is 28.5 Å². The van der Waals surface area contributed by atoms with Gasteiger partial charge in [-0.25, -0.2) is 4.98 Å². The van der Waals surface area contributed by atoms with Crippen LogP contribution in [0.2, 0.25) is 0 Å². The number of benzene rings is 2. The number of pyridine rings is 1. The first kappa shape index (κ1) is 30.5. The molecule has 1 atom stereocenters. The number of hydrogen-bond acceptors (Lipinski definition) is 9. The van der Waals surface area contributed by atoms with Crippen LogP contribution in [0.1, 0.15) is 51.1 Å². The van der Waals surface area contributed by atoms with Gasteiger partial charge in [0.2, 0.25) is 0 Å². The summed E-state index contributed by atoms with van der Waals surface area (Å²) in [6.07, 6.45) is 2.74. The molecule has 2 aliphatic rings. The zero-order valence-corrected chi connectivity index (χ0v) is 25.4. The van der Waals surface area contributed by atoms with Gasteiger partial charge in [0.25, 0.3) is 17.4 Å². The number of likely N-dealkylation sites (tertiary alicyclic amines) is 1. The molecule has 0 radical (unpaired) electrons. The van der Waals surface area contributed by atoms with E-state index in [1.165, 1.54) is 11.1 Å². The smallest absolute Gasteiger partial charge is 0.261 e. The van der Waals surface area contributed by atoms with Crippen molar-refractivity contribution in [2.75, 3.05) is 44.7 Å². The highest BCUT2D eigenvalue weighted by Crippen LogP contribution is 2.33. The molecule has 0 aliphatic carbocycles. The second-order valence-corrected chi connectivity index (χ2v) is 11.8. The minimum absolute atomic E-state index is 0.0630. The van der Waals surface area contributed by atoms with E-state index in [1.807, 2.05) is 32.0 Å². The van der Waals surface area contributed by atoms with Gasteiger partial charge in [0.05, 0.1) is 27.8 Å². The Morgan fingerprint density at radius 3 is 2.56 bits per heavy atom. The number of fused-ring (bicyclic) bond motifs is 2. The third kappa shape index (κ3) is 6.21. The summed E-state index contributed by atoms with van der Waals surface area (Å²) in [6, 6.07) is 10.6. The molecule has 12 heteroatoms. The quantitative estimate of drug-likeness (QED) is 0.160. The zero-order valence-electron chi connectivity index (χ0n) is 25.4. The van der Waals surface area contributed by atoms with Gasteiger partial charge in [0.15, 0.2) is 0 Å². The van der Waals surface area contributed by atoms with Crippen LogP contribution in [0.5, 0.6) is 5.75 Å². The van der Waals surface area contributed by atoms with Crippen molar-refractivity contribution in [3.63, 3.8) is 0 Å². The Kier molecular flexibility index (Phi) is 8.70. The molecule has 1 fully saturated rings. The molecule has 4 aromatic rings. The molecule has 0 saturated carbocycles. The molecule has 2 amide bonds. The van der Waals surface area contributed by atoms with E-state index in [0.29, 0.717) is 52.9 Å². The van der Waals surface area contributed by atoms with Crippen molar-refractivity contribution in [1.29, 1.82) is 0 Å². The third-order valence-corrected chi connectivity index (χ3v) is 8.56. The number of rotatable bonds is 11. The zero-order chi connectivity index (χ0) is 31.7. The number of nitrogens with zero attached hydrogens (tertiary/aromatic N) is 3. The number of aromatic amines is 2. The standard InChI is InChI=1S/C33H38N6O6/c1-19-4-5-28(20(2)14-19)45-18-22(41)17-35-25-6-9-34-31(42)29(25)30-36-26-15-23-24(16-27(26)37-30)33(44)39(32(23)43)21-7-11-38(12-8-21)10-3-13-40/h4-6,9,14-16,21-22,40-41H,3,7-8,10-13,17-18H2,1-2H3,(H,36,37)(H2,34,35,42)/t22-/m1/s1. The van der Waals surface area contributed by atoms with Gasteiger partial charge in [0, 0.05) is 45.0 Å². The van der Waals surface area contributed by atoms with Gasteiger partial charge in [-0.3, -0.25) is 19.3 Å². The molecule has 2 aromatic heterocycles. The van der Waals surface area contributed by atoms with E-state index in [0.717, 1.165) is 30.8 Å². The molecule has 0 bridgehead atoms. The molecule has 5 N–H and O–H groups in total. The molecule has 1 saturated heterocycles. The average Bonchev–Trinajstić information content (AvgIpc) is 3.54. The summed E-state index contributed by atoms with van der Waals surface area (Å²) in [5.74, 6) is 0.322. The van der Waals surface area contributed by atoms with Crippen LogP contribution in [-0.2, 0) is 0 Å². The number of aryl methyl sites for hydroxylation is 2. The maximum Gasteiger partial charge on any atom is 0.261 e. The monoisotopic (exact) mass is 614 g/mol. The van der Waals surface area contributed by atoms with Crippen LogP contribution in [0.15, 0.2) is 47.4 Å². The first-order valence-electron chi connectivity index (χ1n) is 15.3. The van der Waals surface area contributed by atoms with Gasteiger partial charge in [-0.1, -0.05) is 17.7 Å². The number of imide groups is 1. The van der Waals surface area contributed by atoms with Crippen LogP contribution in [0, 0.1) is 13.8 Å². The molecular weight excluding hydrogens is 576 g/mol. The molecule has 0 unspecified atom stereocenters. The second kappa shape index (κ2) is 12.8. The van der Waals surface area contributed by atoms with Crippen molar-refractivity contribution in [2.24, 2.45) is 0 Å². The van der Waals surface area contributed by atoms with E-state index < -0.39 is 11.7 Å². The molecule has 12 nitrogen and oxygen atoms in total. The maximum absolute atomic E-state index is 13.4. The molecule has 6 rings (SSSR count). The van der Waals surface area contributed by atoms with Gasteiger partial charge in [-0.05, 0) is 62.9 Å². The second-order valence-electron chi connectivity index (χ2n) is 11.8. The van der Waals surface area contributed by atoms with Gasteiger partial charge in [0.1, 0.15) is 29.8 Å². The number of aliphatic hydroxyl groups excluding tert-OH is 2. The number of carbonyl (C=O) groups excluding carboxylic acids is 2. The highest BCUT2D eigenvalue weighted by molar-refractivity contribution is 6.23. The lowest BCUT2D eigenvalue weighted by Crippen LogP contribution is -2.47. The van der Waals surface area contributed by atoms with Crippen LogP contribution in [-0.4, -0.2) is 98.3 Å². The highest BCUT2D eigenvalue weighted by Gasteiger charge is 2.41. The van der Waals surface area contributed by atoms with Crippen LogP contribution < -0.4 is 15.6 Å². The maximum atomic E-state index is 13.4. The number of piperidine rings is 1. The topological polar surface area (TPSA) is 164 Å². The van der Waals surface area contributed by atoms with Crippen molar-refractivity contribution in [1.82, 2.24) is 24.8 Å². The lowest BCUT2D eigenvalue weighted by atomic mass is 10.0. The lowest BCUT2D eigenvalue weighted by Gasteiger charge is -2.35. The number of carbonyl (C=O) groups is 2. The number of anilines is 1. The van der Waals surface area contributed by atoms with Gasteiger partial charge >= 0.3 is 0 Å². The fourth-order valence-electron chi connectivity index (χ4n) is 6.20. The molecule has 2 aliphatic heterocycles. The van der Waals surface area contributed by atoms with Crippen LogP contribution >= 0.6 is 0 Å². The van der Waals surface area contributed by atoms with Gasteiger partial charge < -0.3 is 35.1 Å². The molecular formula is C33H38N6O6. The van der Waals surface area contributed by atoms with Crippen molar-refractivity contribution in [3.05, 3.63) is 75.2 Å². The number of nitrogens with one attached hydrogen (secondary N) is 3. The Hall–Kier alpha value is -4.52. The number of hydrogen-bond donors (Lipinski definition) is 5. The fourth-order valence-corrected chi connectivity index (χ4v) is 6.20. The fraction of sp³-hybridized carbons (Fsp3) is 0.394. The summed E-state index contributed by atoms with van der Waals surface area (Å²) in [6.45, 7) is 6.61. The number of ether oxygens (including phenoxy) is 1. The Morgan fingerprint density at radius 2 is 1.82 bits per heavy atom. The van der Waals surface area contributed by atoms with Crippen molar-refractivity contribution in [2.45, 2.75) is 45.3 Å². The molecule has 4 heterocycles. The van der Waals surface area contributed by atoms with E-state index in [1.54, 1.807) is 18.2 Å². The molecule has 0 spiro atoms. The molecule has 236 valence electrons. The summed E-state index contributed by atoms with van der Waals surface area (Å²) in [5, 5.41) is 22.8. The number of imidazole rings is 1. The minimum atomic E-state index is -0.857. The summed E-state index contributed by atoms with van der Waals surface area (Å²) in [7, 11) is 0. The van der Waals surface area contributed by atoms with E-state index in [9.17, 15) is 19.5 Å². The minimum Gasteiger partial charge on any atom is -0.491 e. The van der Waals surface area contributed by atoms with E-state index in [4.69, 9.17) is 9.84 Å². The Labute approximate surface area is 260 Å². The Balaban J connectivity index is 1.17. The van der Waals surface area contributed by atoms with E-state index >= 15 is 0 Å². The van der Waals surface area contributed by atoms with Gasteiger partial charge in [-0.15, -0.1) is 0 Å². The number of amides is 2. The Bertz CT molecular complexity index is 1740. The largest absolute Gasteiger partial charge is 0.491 e. The number of H-pyrrole nitrogens is 2. The first-order chi connectivity index (χ1) is 21.7. The van der Waals surface area contributed by atoms with Crippen LogP contribution in [0.25, 0.3) is 22.4 Å². The highest BCUT2D eigenvalue weighted by atomic mass is 16.5. The average molecular weight is 615 g/mol. The molecule has 2 aromatic carbocycles. The summed E-state index contributed by atoms with van der Waals surface area (Å²) < 4.78 is 5.80. The van der Waals surface area contributed by atoms with Crippen molar-refractivity contribution in [3.8, 4) is 17.1 Å². The third-order valence-electron chi connectivity index (χ3n) is 8.56. The van der Waals surface area contributed by atoms with E-state index in [-0.39, 0.29) is 49.0 Å². The number of aromatic nitrogens is 3. The number of aliphatic hydroxyl groups is 2. The summed E-state index contributed by atoms with van der Waals surface area (Å²) in [5.41, 5.74) is 4.03. The first-order valence-corrected chi connectivity index (χ1v) is 15.3.